The number of nitrogens with one attached hydrogen (secondary N) is 1. The van der Waals surface area contributed by atoms with Crippen molar-refractivity contribution in [2.24, 2.45) is 0 Å². The lowest BCUT2D eigenvalue weighted by atomic mass is 10.2. The first-order chi connectivity index (χ1) is 6.18. The second kappa shape index (κ2) is 2.70. The number of nitro benzene ring substituents is 1. The fourth-order valence-electron chi connectivity index (χ4n) is 1.15. The highest BCUT2D eigenvalue weighted by Crippen LogP contribution is 2.27. The quantitative estimate of drug-likeness (QED) is 0.562. The molecule has 1 aromatic heterocycles. The van der Waals surface area contributed by atoms with Crippen molar-refractivity contribution in [2.75, 3.05) is 0 Å². The minimum Gasteiger partial charge on any atom is -0.278 e. The first-order valence-corrected chi connectivity index (χ1v) is 3.83. The van der Waals surface area contributed by atoms with Gasteiger partial charge in [-0.3, -0.25) is 15.2 Å². The summed E-state index contributed by atoms with van der Waals surface area (Å²) in [7, 11) is 0. The number of H-pyrrole nitrogens is 1. The number of fused-ring (bicyclic) bond motifs is 1. The third-order valence-corrected chi connectivity index (χ3v) is 1.92. The van der Waals surface area contributed by atoms with E-state index >= 15 is 0 Å². The summed E-state index contributed by atoms with van der Waals surface area (Å²) < 4.78 is 0. The van der Waals surface area contributed by atoms with Crippen LogP contribution in [-0.2, 0) is 0 Å². The Morgan fingerprint density at radius 3 is 3.00 bits per heavy atom. The minimum atomic E-state index is -0.482. The van der Waals surface area contributed by atoms with Crippen LogP contribution in [0.15, 0.2) is 18.3 Å². The number of rotatable bonds is 1. The van der Waals surface area contributed by atoms with Crippen molar-refractivity contribution in [3.63, 3.8) is 0 Å². The fraction of sp³-hybridized carbons (Fsp3) is 0. The lowest BCUT2D eigenvalue weighted by Gasteiger charge is -1.93. The van der Waals surface area contributed by atoms with Gasteiger partial charge in [0.1, 0.15) is 0 Å². The Hall–Kier alpha value is -1.62. The van der Waals surface area contributed by atoms with E-state index in [9.17, 15) is 10.1 Å². The molecule has 5 nitrogen and oxygen atoms in total. The van der Waals surface area contributed by atoms with E-state index in [-0.39, 0.29) is 5.69 Å². The normalized spacial score (nSPS) is 10.5. The van der Waals surface area contributed by atoms with Crippen LogP contribution in [0.4, 0.5) is 5.69 Å². The van der Waals surface area contributed by atoms with Gasteiger partial charge < -0.3 is 0 Å². The molecule has 0 spiro atoms. The van der Waals surface area contributed by atoms with E-state index in [0.717, 1.165) is 0 Å². The van der Waals surface area contributed by atoms with Gasteiger partial charge in [0.25, 0.3) is 5.69 Å². The number of hydrogen-bond acceptors (Lipinski definition) is 3. The Morgan fingerprint density at radius 1 is 1.54 bits per heavy atom. The largest absolute Gasteiger partial charge is 0.281 e. The third-order valence-electron chi connectivity index (χ3n) is 1.70. The zero-order chi connectivity index (χ0) is 9.42. The average Bonchev–Trinajstić information content (AvgIpc) is 2.49. The lowest BCUT2D eigenvalue weighted by molar-refractivity contribution is -0.383. The Kier molecular flexibility index (Phi) is 1.66. The molecule has 0 aliphatic heterocycles. The molecule has 66 valence electrons. The summed E-state index contributed by atoms with van der Waals surface area (Å²) in [4.78, 5) is 10.1. The van der Waals surface area contributed by atoms with Crippen molar-refractivity contribution < 1.29 is 4.92 Å². The lowest BCUT2D eigenvalue weighted by Crippen LogP contribution is -1.88. The van der Waals surface area contributed by atoms with Crippen molar-refractivity contribution in [2.45, 2.75) is 0 Å². The van der Waals surface area contributed by atoms with Crippen molar-refractivity contribution in [3.05, 3.63) is 33.5 Å². The highest BCUT2D eigenvalue weighted by molar-refractivity contribution is 6.31. The van der Waals surface area contributed by atoms with Crippen LogP contribution in [0.1, 0.15) is 0 Å². The molecule has 13 heavy (non-hydrogen) atoms. The molecule has 2 rings (SSSR count). The maximum atomic E-state index is 10.6. The highest BCUT2D eigenvalue weighted by Gasteiger charge is 2.13. The molecule has 0 bridgehead atoms. The summed E-state index contributed by atoms with van der Waals surface area (Å²) in [5, 5.41) is 17.7. The van der Waals surface area contributed by atoms with Gasteiger partial charge in [-0.2, -0.15) is 5.10 Å². The van der Waals surface area contributed by atoms with Crippen LogP contribution in [0, 0.1) is 10.1 Å². The molecule has 0 saturated heterocycles. The number of aromatic amines is 1. The van der Waals surface area contributed by atoms with Gasteiger partial charge in [-0.25, -0.2) is 0 Å². The molecule has 0 fully saturated rings. The first-order valence-electron chi connectivity index (χ1n) is 3.45. The van der Waals surface area contributed by atoms with Crippen molar-refractivity contribution in [1.29, 1.82) is 0 Å². The van der Waals surface area contributed by atoms with Crippen molar-refractivity contribution in [1.82, 2.24) is 10.2 Å². The number of non-ortho nitro benzene ring substituents is 1. The molecule has 6 heteroatoms. The van der Waals surface area contributed by atoms with Crippen LogP contribution < -0.4 is 0 Å². The molecular weight excluding hydrogens is 194 g/mol. The van der Waals surface area contributed by atoms with E-state index < -0.39 is 4.92 Å². The molecule has 0 saturated carbocycles. The second-order valence-corrected chi connectivity index (χ2v) is 2.95. The first kappa shape index (κ1) is 8.00. The Morgan fingerprint density at radius 2 is 2.31 bits per heavy atom. The summed E-state index contributed by atoms with van der Waals surface area (Å²) in [5.41, 5.74) is 0.537. The topological polar surface area (TPSA) is 71.8 Å². The summed E-state index contributed by atoms with van der Waals surface area (Å²) in [6, 6.07) is 2.90. The standard InChI is InChI=1S/C7H4ClN3O2/c8-4-1-6-5(3-9-10-6)7(2-4)11(12)13/h1-3H,(H,9,10). The molecule has 0 unspecified atom stereocenters. The van der Waals surface area contributed by atoms with Crippen LogP contribution in [0.5, 0.6) is 0 Å². The van der Waals surface area contributed by atoms with Crippen LogP contribution in [0.2, 0.25) is 5.02 Å². The average molecular weight is 198 g/mol. The molecular formula is C7H4ClN3O2. The van der Waals surface area contributed by atoms with Gasteiger partial charge in [0.2, 0.25) is 0 Å². The van der Waals surface area contributed by atoms with E-state index in [1.165, 1.54) is 12.3 Å². The Bertz CT molecular complexity index is 480. The van der Waals surface area contributed by atoms with Gasteiger partial charge in [-0.15, -0.1) is 0 Å². The molecule has 1 heterocycles. The van der Waals surface area contributed by atoms with E-state index in [1.54, 1.807) is 6.07 Å². The zero-order valence-corrected chi connectivity index (χ0v) is 7.08. The number of aromatic nitrogens is 2. The van der Waals surface area contributed by atoms with E-state index in [0.29, 0.717) is 15.9 Å². The van der Waals surface area contributed by atoms with Crippen LogP contribution >= 0.6 is 11.6 Å². The van der Waals surface area contributed by atoms with Gasteiger partial charge in [-0.1, -0.05) is 11.6 Å². The molecule has 2 aromatic rings. The SMILES string of the molecule is O=[N+]([O-])c1cc(Cl)cc2[nH]ncc12. The Balaban J connectivity index is 2.84. The van der Waals surface area contributed by atoms with Crippen LogP contribution in [-0.4, -0.2) is 15.1 Å². The van der Waals surface area contributed by atoms with Gasteiger partial charge in [0.15, 0.2) is 0 Å². The van der Waals surface area contributed by atoms with Gasteiger partial charge in [0, 0.05) is 11.1 Å². The Labute approximate surface area is 77.5 Å². The number of nitrogens with zero attached hydrogens (tertiary/aromatic N) is 2. The summed E-state index contributed by atoms with van der Waals surface area (Å²) >= 11 is 5.67. The third kappa shape index (κ3) is 1.23. The summed E-state index contributed by atoms with van der Waals surface area (Å²) in [6.45, 7) is 0. The predicted molar refractivity (Wildman–Crippen MR) is 47.8 cm³/mol. The molecule has 0 amide bonds. The van der Waals surface area contributed by atoms with Gasteiger partial charge >= 0.3 is 0 Å². The summed E-state index contributed by atoms with van der Waals surface area (Å²) in [5.74, 6) is 0. The predicted octanol–water partition coefficient (Wildman–Crippen LogP) is 2.12. The number of halogens is 1. The van der Waals surface area contributed by atoms with Crippen molar-refractivity contribution in [3.8, 4) is 0 Å². The van der Waals surface area contributed by atoms with Crippen LogP contribution in [0.3, 0.4) is 0 Å². The maximum absolute atomic E-state index is 10.6. The highest BCUT2D eigenvalue weighted by atomic mass is 35.5. The minimum absolute atomic E-state index is 0.0312. The number of nitro groups is 1. The van der Waals surface area contributed by atoms with E-state index in [4.69, 9.17) is 11.6 Å². The molecule has 1 N–H and O–H groups in total. The molecule has 0 aliphatic rings. The van der Waals surface area contributed by atoms with Crippen molar-refractivity contribution >= 4 is 28.2 Å². The van der Waals surface area contributed by atoms with Gasteiger partial charge in [-0.05, 0) is 6.07 Å². The maximum Gasteiger partial charge on any atom is 0.281 e. The number of hydrogen-bond donors (Lipinski definition) is 1. The molecule has 0 radical (unpaired) electrons. The van der Waals surface area contributed by atoms with Gasteiger partial charge in [0.05, 0.1) is 22.0 Å². The second-order valence-electron chi connectivity index (χ2n) is 2.51. The number of benzene rings is 1. The smallest absolute Gasteiger partial charge is 0.278 e. The molecule has 1 aromatic carbocycles. The van der Waals surface area contributed by atoms with Crippen LogP contribution in [0.25, 0.3) is 10.9 Å². The van der Waals surface area contributed by atoms with E-state index in [2.05, 4.69) is 10.2 Å². The monoisotopic (exact) mass is 197 g/mol. The molecule has 0 atom stereocenters. The van der Waals surface area contributed by atoms with E-state index in [1.807, 2.05) is 0 Å². The fourth-order valence-corrected chi connectivity index (χ4v) is 1.36. The molecule has 0 aliphatic carbocycles. The zero-order valence-electron chi connectivity index (χ0n) is 6.32. The summed E-state index contributed by atoms with van der Waals surface area (Å²) in [6.07, 6.45) is 1.41.